The molecular weight excluding hydrogens is 331 g/mol. The van der Waals surface area contributed by atoms with Gasteiger partial charge in [0.15, 0.2) is 0 Å². The van der Waals surface area contributed by atoms with Gasteiger partial charge < -0.3 is 0 Å². The van der Waals surface area contributed by atoms with Gasteiger partial charge in [0.1, 0.15) is 0 Å². The van der Waals surface area contributed by atoms with Gasteiger partial charge in [0, 0.05) is 0 Å². The van der Waals surface area contributed by atoms with Crippen LogP contribution in [0.1, 0.15) is 76.7 Å². The molecule has 0 saturated carbocycles. The summed E-state index contributed by atoms with van der Waals surface area (Å²) in [5.74, 6) is 0.135. The molecule has 0 amide bonds. The Morgan fingerprint density at radius 2 is 1.29 bits per heavy atom. The van der Waals surface area contributed by atoms with E-state index in [1.54, 1.807) is 0 Å². The van der Waals surface area contributed by atoms with E-state index >= 15 is 0 Å². The molecule has 0 fully saturated rings. The minimum atomic E-state index is -3.39. The van der Waals surface area contributed by atoms with E-state index in [0.717, 1.165) is 18.4 Å². The van der Waals surface area contributed by atoms with Crippen LogP contribution >= 0.6 is 0 Å². The Hall–Kier alpha value is 0.130. The molecule has 0 bridgehead atoms. The van der Waals surface area contributed by atoms with Crippen molar-refractivity contribution >= 4 is 39.7 Å². The zero-order chi connectivity index (χ0) is 16.8. The molecule has 1 aromatic rings. The van der Waals surface area contributed by atoms with Crippen LogP contribution in [0.15, 0.2) is 30.3 Å². The molecule has 0 aliphatic rings. The van der Waals surface area contributed by atoms with Crippen molar-refractivity contribution in [1.82, 2.24) is 0 Å². The molecule has 0 N–H and O–H groups in total. The monoisotopic (exact) mass is 364 g/mol. The quantitative estimate of drug-likeness (QED) is 0.270. The number of hydrogen-bond donors (Lipinski definition) is 0. The second kappa shape index (κ2) is 15.4. The summed E-state index contributed by atoms with van der Waals surface area (Å²) in [6, 6.07) is 9.41. The van der Waals surface area contributed by atoms with Crippen LogP contribution in [-0.4, -0.2) is 43.7 Å². The third kappa shape index (κ3) is 13.4. The molecule has 0 aliphatic carbocycles. The minimum absolute atomic E-state index is 0. The van der Waals surface area contributed by atoms with Crippen LogP contribution in [0.5, 0.6) is 0 Å². The Balaban J connectivity index is 0.00000529. The first-order valence-corrected chi connectivity index (χ1v) is 10.6. The third-order valence-electron chi connectivity index (χ3n) is 4.00. The molecule has 0 unspecified atom stereocenters. The first-order valence-electron chi connectivity index (χ1n) is 9.05. The molecule has 5 heteroatoms. The third-order valence-corrected chi connectivity index (χ3v) is 5.26. The summed E-state index contributed by atoms with van der Waals surface area (Å²) in [7, 11) is -3.39. The van der Waals surface area contributed by atoms with Crippen LogP contribution in [0, 0.1) is 0 Å². The van der Waals surface area contributed by atoms with Crippen LogP contribution in [0.3, 0.4) is 0 Å². The van der Waals surface area contributed by atoms with Crippen molar-refractivity contribution in [2.24, 2.45) is 0 Å². The molecule has 134 valence electrons. The SMILES string of the molecule is CCCCCCCCCCCCS(=O)(=O)OCc1ccccc1.[NaH]. The number of benzene rings is 1. The van der Waals surface area contributed by atoms with E-state index in [1.807, 2.05) is 30.3 Å². The molecule has 0 saturated heterocycles. The van der Waals surface area contributed by atoms with Crippen LogP contribution in [-0.2, 0) is 20.9 Å². The Morgan fingerprint density at radius 1 is 0.792 bits per heavy atom. The molecule has 3 nitrogen and oxygen atoms in total. The molecule has 0 atom stereocenters. The molecule has 0 aliphatic heterocycles. The number of unbranched alkanes of at least 4 members (excludes halogenated alkanes) is 9. The summed E-state index contributed by atoms with van der Waals surface area (Å²) in [5, 5.41) is 0. The molecule has 0 radical (unpaired) electrons. The van der Waals surface area contributed by atoms with Gasteiger partial charge in [0.05, 0.1) is 12.4 Å². The fourth-order valence-electron chi connectivity index (χ4n) is 2.56. The van der Waals surface area contributed by atoms with Gasteiger partial charge in [0.25, 0.3) is 10.1 Å². The normalized spacial score (nSPS) is 11.2. The van der Waals surface area contributed by atoms with E-state index in [1.165, 1.54) is 44.9 Å². The molecule has 0 heterocycles. The van der Waals surface area contributed by atoms with Gasteiger partial charge in [0.2, 0.25) is 0 Å². The average molecular weight is 365 g/mol. The molecule has 0 aromatic heterocycles. The van der Waals surface area contributed by atoms with Crippen molar-refractivity contribution < 1.29 is 12.6 Å². The molecule has 1 aromatic carbocycles. The predicted octanol–water partition coefficient (Wildman–Crippen LogP) is 4.81. The molecule has 1 rings (SSSR count). The van der Waals surface area contributed by atoms with E-state index in [2.05, 4.69) is 6.92 Å². The maximum atomic E-state index is 11.8. The van der Waals surface area contributed by atoms with Gasteiger partial charge in [-0.15, -0.1) is 0 Å². The van der Waals surface area contributed by atoms with E-state index in [-0.39, 0.29) is 41.9 Å². The summed E-state index contributed by atoms with van der Waals surface area (Å²) in [6.07, 6.45) is 12.0. The van der Waals surface area contributed by atoms with E-state index < -0.39 is 10.1 Å². The average Bonchev–Trinajstić information content (AvgIpc) is 2.56. The van der Waals surface area contributed by atoms with Gasteiger partial charge in [-0.3, -0.25) is 4.18 Å². The molecular formula is C19H33NaO3S. The fraction of sp³-hybridized carbons (Fsp3) is 0.684. The van der Waals surface area contributed by atoms with Crippen molar-refractivity contribution in [3.63, 3.8) is 0 Å². The molecule has 24 heavy (non-hydrogen) atoms. The predicted molar refractivity (Wildman–Crippen MR) is 104 cm³/mol. The van der Waals surface area contributed by atoms with E-state index in [0.29, 0.717) is 6.42 Å². The summed E-state index contributed by atoms with van der Waals surface area (Å²) < 4.78 is 28.7. The van der Waals surface area contributed by atoms with E-state index in [4.69, 9.17) is 4.18 Å². The van der Waals surface area contributed by atoms with Crippen molar-refractivity contribution in [2.75, 3.05) is 5.75 Å². The van der Waals surface area contributed by atoms with Gasteiger partial charge in [-0.25, -0.2) is 0 Å². The Labute approximate surface area is 171 Å². The zero-order valence-electron chi connectivity index (χ0n) is 14.5. The van der Waals surface area contributed by atoms with Crippen molar-refractivity contribution in [3.8, 4) is 0 Å². The second-order valence-corrected chi connectivity index (χ2v) is 7.95. The number of rotatable bonds is 14. The van der Waals surface area contributed by atoms with Crippen LogP contribution in [0.25, 0.3) is 0 Å². The standard InChI is InChI=1S/C19H32O3S.Na.H/c1-2-3-4-5-6-7-8-9-10-14-17-23(20,21)22-18-19-15-12-11-13-16-19;;/h11-13,15-16H,2-10,14,17-18H2,1H3;;. The maximum absolute atomic E-state index is 11.8. The Bertz CT molecular complexity index is 489. The molecule has 0 spiro atoms. The van der Waals surface area contributed by atoms with Gasteiger partial charge in [-0.05, 0) is 12.0 Å². The Morgan fingerprint density at radius 3 is 1.83 bits per heavy atom. The second-order valence-electron chi connectivity index (χ2n) is 6.19. The van der Waals surface area contributed by atoms with Crippen molar-refractivity contribution in [3.05, 3.63) is 35.9 Å². The fourth-order valence-corrected chi connectivity index (χ4v) is 3.55. The van der Waals surface area contributed by atoms with Gasteiger partial charge in [-0.2, -0.15) is 8.42 Å². The summed E-state index contributed by atoms with van der Waals surface area (Å²) in [4.78, 5) is 0. The summed E-state index contributed by atoms with van der Waals surface area (Å²) in [5.41, 5.74) is 0.888. The first kappa shape index (κ1) is 24.1. The summed E-state index contributed by atoms with van der Waals surface area (Å²) in [6.45, 7) is 2.37. The van der Waals surface area contributed by atoms with Crippen molar-refractivity contribution in [2.45, 2.75) is 77.7 Å². The topological polar surface area (TPSA) is 43.4 Å². The van der Waals surface area contributed by atoms with Gasteiger partial charge in [-0.1, -0.05) is 95.0 Å². The Kier molecular flexibility index (Phi) is 15.5. The zero-order valence-corrected chi connectivity index (χ0v) is 15.3. The van der Waals surface area contributed by atoms with Crippen molar-refractivity contribution in [1.29, 1.82) is 0 Å². The first-order chi connectivity index (χ1) is 11.1. The van der Waals surface area contributed by atoms with Crippen LogP contribution in [0.2, 0.25) is 0 Å². The number of hydrogen-bond acceptors (Lipinski definition) is 3. The van der Waals surface area contributed by atoms with Crippen LogP contribution < -0.4 is 0 Å². The van der Waals surface area contributed by atoms with Gasteiger partial charge >= 0.3 is 29.6 Å². The van der Waals surface area contributed by atoms with E-state index in [9.17, 15) is 8.42 Å². The summed E-state index contributed by atoms with van der Waals surface area (Å²) >= 11 is 0. The van der Waals surface area contributed by atoms with Crippen LogP contribution in [0.4, 0.5) is 0 Å².